The van der Waals surface area contributed by atoms with Gasteiger partial charge in [0, 0.05) is 18.3 Å². The summed E-state index contributed by atoms with van der Waals surface area (Å²) >= 11 is 0. The van der Waals surface area contributed by atoms with E-state index in [0.29, 0.717) is 6.54 Å². The molecule has 0 aromatic carbocycles. The van der Waals surface area contributed by atoms with Gasteiger partial charge in [-0.05, 0) is 44.6 Å². The number of pyridine rings is 1. The Kier molecular flexibility index (Phi) is 5.19. The van der Waals surface area contributed by atoms with Crippen LogP contribution in [0.15, 0.2) is 18.3 Å². The van der Waals surface area contributed by atoms with Gasteiger partial charge < -0.3 is 11.1 Å². The molecule has 0 bridgehead atoms. The normalized spacial score (nSPS) is 10.4. The Morgan fingerprint density at radius 1 is 1.36 bits per heavy atom. The lowest BCUT2D eigenvalue weighted by atomic mass is 10.1. The minimum absolute atomic E-state index is 0.673. The molecule has 0 amide bonds. The summed E-state index contributed by atoms with van der Waals surface area (Å²) in [5.74, 6) is 0. The predicted octanol–water partition coefficient (Wildman–Crippen LogP) is 0.735. The van der Waals surface area contributed by atoms with Crippen LogP contribution in [0.25, 0.3) is 0 Å². The Balaban J connectivity index is 2.38. The molecule has 0 fully saturated rings. The summed E-state index contributed by atoms with van der Waals surface area (Å²) in [6.07, 6.45) is 5.09. The first kappa shape index (κ1) is 11.1. The van der Waals surface area contributed by atoms with Crippen molar-refractivity contribution in [2.24, 2.45) is 5.73 Å². The zero-order chi connectivity index (χ0) is 10.2. The number of hydrogen-bond donors (Lipinski definition) is 2. The molecule has 0 aliphatic carbocycles. The predicted molar refractivity (Wildman–Crippen MR) is 59.2 cm³/mol. The molecule has 0 spiro atoms. The lowest BCUT2D eigenvalue weighted by Gasteiger charge is -2.02. The van der Waals surface area contributed by atoms with Crippen LogP contribution in [0.4, 0.5) is 0 Å². The van der Waals surface area contributed by atoms with Gasteiger partial charge in [-0.1, -0.05) is 6.07 Å². The van der Waals surface area contributed by atoms with E-state index in [9.17, 15) is 0 Å². The zero-order valence-electron chi connectivity index (χ0n) is 8.79. The molecule has 1 aromatic rings. The Bertz CT molecular complexity index is 243. The molecule has 0 atom stereocenters. The van der Waals surface area contributed by atoms with Gasteiger partial charge >= 0.3 is 0 Å². The third-order valence-corrected chi connectivity index (χ3v) is 2.18. The third-order valence-electron chi connectivity index (χ3n) is 2.18. The first-order valence-corrected chi connectivity index (χ1v) is 5.15. The van der Waals surface area contributed by atoms with Crippen molar-refractivity contribution in [2.75, 3.05) is 20.1 Å². The molecular formula is C11H19N3. The van der Waals surface area contributed by atoms with Crippen LogP contribution in [0, 0.1) is 0 Å². The van der Waals surface area contributed by atoms with E-state index < -0.39 is 0 Å². The van der Waals surface area contributed by atoms with Crippen LogP contribution in [0.3, 0.4) is 0 Å². The van der Waals surface area contributed by atoms with Crippen molar-refractivity contribution >= 4 is 0 Å². The number of nitrogens with zero attached hydrogens (tertiary/aromatic N) is 1. The summed E-state index contributed by atoms with van der Waals surface area (Å²) in [6, 6.07) is 4.22. The monoisotopic (exact) mass is 193 g/mol. The summed E-state index contributed by atoms with van der Waals surface area (Å²) in [7, 11) is 1.97. The van der Waals surface area contributed by atoms with Crippen molar-refractivity contribution in [3.05, 3.63) is 29.6 Å². The molecule has 1 heterocycles. The van der Waals surface area contributed by atoms with E-state index in [2.05, 4.69) is 22.4 Å². The quantitative estimate of drug-likeness (QED) is 0.655. The summed E-state index contributed by atoms with van der Waals surface area (Å²) < 4.78 is 0. The second-order valence-corrected chi connectivity index (χ2v) is 3.40. The lowest BCUT2D eigenvalue weighted by Crippen LogP contribution is -2.08. The largest absolute Gasteiger partial charge is 0.330 e. The second-order valence-electron chi connectivity index (χ2n) is 3.40. The van der Waals surface area contributed by atoms with Gasteiger partial charge in [0.1, 0.15) is 0 Å². The van der Waals surface area contributed by atoms with E-state index >= 15 is 0 Å². The van der Waals surface area contributed by atoms with Gasteiger partial charge in [-0.15, -0.1) is 0 Å². The Labute approximate surface area is 85.7 Å². The van der Waals surface area contributed by atoms with Gasteiger partial charge in [0.05, 0.1) is 0 Å². The molecule has 0 saturated carbocycles. The molecule has 14 heavy (non-hydrogen) atoms. The maximum atomic E-state index is 5.45. The molecule has 3 heteroatoms. The van der Waals surface area contributed by atoms with Gasteiger partial charge in [-0.2, -0.15) is 0 Å². The van der Waals surface area contributed by atoms with Crippen LogP contribution >= 0.6 is 0 Å². The molecule has 0 aliphatic rings. The maximum Gasteiger partial charge on any atom is 0.0416 e. The zero-order valence-corrected chi connectivity index (χ0v) is 8.79. The van der Waals surface area contributed by atoms with E-state index in [1.54, 1.807) is 0 Å². The van der Waals surface area contributed by atoms with Crippen LogP contribution < -0.4 is 11.1 Å². The highest BCUT2D eigenvalue weighted by Gasteiger charge is 1.95. The van der Waals surface area contributed by atoms with Gasteiger partial charge in [-0.3, -0.25) is 4.98 Å². The van der Waals surface area contributed by atoms with Crippen molar-refractivity contribution in [1.29, 1.82) is 0 Å². The van der Waals surface area contributed by atoms with E-state index in [0.717, 1.165) is 31.5 Å². The van der Waals surface area contributed by atoms with E-state index in [1.807, 2.05) is 13.2 Å². The fourth-order valence-electron chi connectivity index (χ4n) is 1.37. The van der Waals surface area contributed by atoms with Crippen LogP contribution in [0.1, 0.15) is 17.7 Å². The molecule has 3 nitrogen and oxygen atoms in total. The van der Waals surface area contributed by atoms with Crippen LogP contribution in [-0.4, -0.2) is 25.1 Å². The molecule has 1 rings (SSSR count). The van der Waals surface area contributed by atoms with Gasteiger partial charge in [0.25, 0.3) is 0 Å². The molecule has 1 aromatic heterocycles. The van der Waals surface area contributed by atoms with Crippen molar-refractivity contribution in [1.82, 2.24) is 10.3 Å². The molecule has 0 aliphatic heterocycles. The first-order valence-electron chi connectivity index (χ1n) is 5.15. The van der Waals surface area contributed by atoms with Crippen molar-refractivity contribution in [3.8, 4) is 0 Å². The molecule has 78 valence electrons. The average molecular weight is 193 g/mol. The van der Waals surface area contributed by atoms with Gasteiger partial charge in [-0.25, -0.2) is 0 Å². The highest BCUT2D eigenvalue weighted by atomic mass is 14.8. The summed E-state index contributed by atoms with van der Waals surface area (Å²) in [5.41, 5.74) is 7.84. The molecule has 0 saturated heterocycles. The van der Waals surface area contributed by atoms with E-state index in [-0.39, 0.29) is 0 Å². The van der Waals surface area contributed by atoms with Crippen LogP contribution in [0.5, 0.6) is 0 Å². The number of nitrogens with one attached hydrogen (secondary N) is 1. The highest BCUT2D eigenvalue weighted by molar-refractivity contribution is 5.14. The summed E-state index contributed by atoms with van der Waals surface area (Å²) in [5, 5.41) is 3.13. The van der Waals surface area contributed by atoms with E-state index in [1.165, 1.54) is 5.56 Å². The number of rotatable bonds is 6. The number of nitrogens with two attached hydrogens (primary N) is 1. The molecule has 0 unspecified atom stereocenters. The Hall–Kier alpha value is -0.930. The van der Waals surface area contributed by atoms with Crippen LogP contribution in [0.2, 0.25) is 0 Å². The third kappa shape index (κ3) is 3.85. The topological polar surface area (TPSA) is 50.9 Å². The van der Waals surface area contributed by atoms with Gasteiger partial charge in [0.15, 0.2) is 0 Å². The maximum absolute atomic E-state index is 5.45. The number of hydrogen-bond acceptors (Lipinski definition) is 3. The van der Waals surface area contributed by atoms with Crippen LogP contribution in [-0.2, 0) is 12.8 Å². The minimum atomic E-state index is 0.673. The van der Waals surface area contributed by atoms with Crippen molar-refractivity contribution in [3.63, 3.8) is 0 Å². The molecule has 3 N–H and O–H groups in total. The molecule has 0 radical (unpaired) electrons. The standard InChI is InChI=1S/C11H19N3/c1-13-8-2-3-10-4-5-11(6-7-12)14-9-10/h4-5,9,13H,2-3,6-8,12H2,1H3. The fraction of sp³-hybridized carbons (Fsp3) is 0.545. The lowest BCUT2D eigenvalue weighted by molar-refractivity contribution is 0.722. The summed E-state index contributed by atoms with van der Waals surface area (Å²) in [4.78, 5) is 4.35. The number of aromatic nitrogens is 1. The second kappa shape index (κ2) is 6.51. The van der Waals surface area contributed by atoms with E-state index in [4.69, 9.17) is 5.73 Å². The smallest absolute Gasteiger partial charge is 0.0416 e. The number of aryl methyl sites for hydroxylation is 1. The van der Waals surface area contributed by atoms with Crippen molar-refractivity contribution in [2.45, 2.75) is 19.3 Å². The highest BCUT2D eigenvalue weighted by Crippen LogP contribution is 2.03. The average Bonchev–Trinajstić information content (AvgIpc) is 2.21. The Morgan fingerprint density at radius 3 is 2.79 bits per heavy atom. The Morgan fingerprint density at radius 2 is 2.21 bits per heavy atom. The van der Waals surface area contributed by atoms with Crippen molar-refractivity contribution < 1.29 is 0 Å². The fourth-order valence-corrected chi connectivity index (χ4v) is 1.37. The minimum Gasteiger partial charge on any atom is -0.330 e. The first-order chi connectivity index (χ1) is 6.86. The van der Waals surface area contributed by atoms with Gasteiger partial charge in [0.2, 0.25) is 0 Å². The molecular weight excluding hydrogens is 174 g/mol. The summed E-state index contributed by atoms with van der Waals surface area (Å²) in [6.45, 7) is 1.73. The SMILES string of the molecule is CNCCCc1ccc(CCN)nc1.